The second-order valence-corrected chi connectivity index (χ2v) is 9.55. The molecule has 8 heteroatoms. The number of hydrogen-bond acceptors (Lipinski definition) is 6. The normalized spacial score (nSPS) is 23.3. The Morgan fingerprint density at radius 1 is 1.26 bits per heavy atom. The molecule has 7 nitrogen and oxygen atoms in total. The zero-order valence-electron chi connectivity index (χ0n) is 15.3. The van der Waals surface area contributed by atoms with Gasteiger partial charge < -0.3 is 10.2 Å². The third kappa shape index (κ3) is 3.53. The topological polar surface area (TPSA) is 92.3 Å². The van der Waals surface area contributed by atoms with Gasteiger partial charge in [0.2, 0.25) is 5.95 Å². The summed E-state index contributed by atoms with van der Waals surface area (Å²) in [6.45, 7) is 3.93. The molecule has 1 N–H and O–H groups in total. The minimum Gasteiger partial charge on any atom is -0.347 e. The number of hydrogen-bond donors (Lipinski definition) is 1. The predicted molar refractivity (Wildman–Crippen MR) is 103 cm³/mol. The first kappa shape index (κ1) is 17.9. The summed E-state index contributed by atoms with van der Waals surface area (Å²) in [4.78, 5) is 23.7. The Labute approximate surface area is 158 Å². The average Bonchev–Trinajstić information content (AvgIpc) is 3.12. The van der Waals surface area contributed by atoms with Crippen molar-refractivity contribution in [1.82, 2.24) is 15.3 Å². The van der Waals surface area contributed by atoms with E-state index in [0.29, 0.717) is 18.1 Å². The fourth-order valence-electron chi connectivity index (χ4n) is 3.82. The van der Waals surface area contributed by atoms with Crippen molar-refractivity contribution in [1.29, 1.82) is 0 Å². The van der Waals surface area contributed by atoms with Crippen LogP contribution in [0.1, 0.15) is 35.1 Å². The van der Waals surface area contributed by atoms with Crippen LogP contribution in [0.2, 0.25) is 0 Å². The highest BCUT2D eigenvalue weighted by atomic mass is 32.2. The first-order valence-corrected chi connectivity index (χ1v) is 10.9. The summed E-state index contributed by atoms with van der Waals surface area (Å²) in [6, 6.07) is 9.60. The van der Waals surface area contributed by atoms with Crippen molar-refractivity contribution in [2.75, 3.05) is 16.4 Å². The minimum absolute atomic E-state index is 0.00774. The van der Waals surface area contributed by atoms with Gasteiger partial charge >= 0.3 is 0 Å². The quantitative estimate of drug-likeness (QED) is 0.865. The Morgan fingerprint density at radius 3 is 2.78 bits per heavy atom. The molecule has 1 saturated heterocycles. The smallest absolute Gasteiger partial charge is 0.270 e. The molecule has 4 rings (SSSR count). The Kier molecular flexibility index (Phi) is 4.38. The van der Waals surface area contributed by atoms with Gasteiger partial charge in [0.25, 0.3) is 5.91 Å². The molecule has 0 saturated carbocycles. The van der Waals surface area contributed by atoms with Gasteiger partial charge in [-0.25, -0.2) is 18.4 Å². The standard InChI is InChI=1S/C19H22N4O3S/c1-12-9-16(18(24)21-15-7-8-27(25,26)11-15)22-19(20-12)23-13(2)10-14-5-3-4-6-17(14)23/h3-6,9,13,15H,7-8,10-11H2,1-2H3,(H,21,24). The number of nitrogens with zero attached hydrogens (tertiary/aromatic N) is 3. The fourth-order valence-corrected chi connectivity index (χ4v) is 5.49. The van der Waals surface area contributed by atoms with Crippen LogP contribution in [-0.4, -0.2) is 47.9 Å². The highest BCUT2D eigenvalue weighted by molar-refractivity contribution is 7.91. The molecule has 0 radical (unpaired) electrons. The van der Waals surface area contributed by atoms with Crippen LogP contribution in [0.4, 0.5) is 11.6 Å². The van der Waals surface area contributed by atoms with Gasteiger partial charge in [-0.15, -0.1) is 0 Å². The third-order valence-corrected chi connectivity index (χ3v) is 6.83. The maximum absolute atomic E-state index is 12.6. The van der Waals surface area contributed by atoms with E-state index in [1.807, 2.05) is 25.1 Å². The van der Waals surface area contributed by atoms with Crippen LogP contribution in [0.25, 0.3) is 0 Å². The molecule has 2 aromatic rings. The number of nitrogens with one attached hydrogen (secondary N) is 1. The van der Waals surface area contributed by atoms with Crippen molar-refractivity contribution in [3.05, 3.63) is 47.3 Å². The first-order valence-electron chi connectivity index (χ1n) is 9.06. The van der Waals surface area contributed by atoms with Gasteiger partial charge in [-0.3, -0.25) is 4.79 Å². The van der Waals surface area contributed by atoms with Crippen molar-refractivity contribution >= 4 is 27.4 Å². The lowest BCUT2D eigenvalue weighted by atomic mass is 10.1. The Hall–Kier alpha value is -2.48. The molecular formula is C19H22N4O3S. The van der Waals surface area contributed by atoms with Crippen molar-refractivity contribution in [2.45, 2.75) is 38.8 Å². The number of carbonyl (C=O) groups is 1. The Balaban J connectivity index is 1.62. The van der Waals surface area contributed by atoms with Crippen molar-refractivity contribution in [3.63, 3.8) is 0 Å². The van der Waals surface area contributed by atoms with Crippen molar-refractivity contribution < 1.29 is 13.2 Å². The zero-order valence-corrected chi connectivity index (χ0v) is 16.2. The third-order valence-electron chi connectivity index (χ3n) is 5.07. The summed E-state index contributed by atoms with van der Waals surface area (Å²) in [7, 11) is -3.05. The van der Waals surface area contributed by atoms with E-state index < -0.39 is 9.84 Å². The highest BCUT2D eigenvalue weighted by Gasteiger charge is 2.31. The van der Waals surface area contributed by atoms with Crippen LogP contribution in [0.5, 0.6) is 0 Å². The van der Waals surface area contributed by atoms with Crippen molar-refractivity contribution in [3.8, 4) is 0 Å². The van der Waals surface area contributed by atoms with E-state index in [9.17, 15) is 13.2 Å². The molecule has 3 heterocycles. The molecule has 142 valence electrons. The summed E-state index contributed by atoms with van der Waals surface area (Å²) >= 11 is 0. The van der Waals surface area contributed by atoms with Crippen LogP contribution < -0.4 is 10.2 Å². The summed E-state index contributed by atoms with van der Waals surface area (Å²) < 4.78 is 23.2. The number of aryl methyl sites for hydroxylation is 1. The molecule has 1 aromatic carbocycles. The molecule has 2 atom stereocenters. The minimum atomic E-state index is -3.05. The van der Waals surface area contributed by atoms with Gasteiger partial charge in [0.15, 0.2) is 9.84 Å². The first-order chi connectivity index (χ1) is 12.8. The van der Waals surface area contributed by atoms with Gasteiger partial charge in [-0.05, 0) is 44.4 Å². The van der Waals surface area contributed by atoms with Gasteiger partial charge in [0, 0.05) is 23.5 Å². The van der Waals surface area contributed by atoms with E-state index in [-0.39, 0.29) is 35.2 Å². The monoisotopic (exact) mass is 386 g/mol. The van der Waals surface area contributed by atoms with E-state index in [2.05, 4.69) is 33.2 Å². The second kappa shape index (κ2) is 6.60. The maximum atomic E-state index is 12.6. The lowest BCUT2D eigenvalue weighted by Crippen LogP contribution is -2.36. The molecule has 1 fully saturated rings. The number of fused-ring (bicyclic) bond motifs is 1. The zero-order chi connectivity index (χ0) is 19.2. The van der Waals surface area contributed by atoms with Crippen LogP contribution in [0, 0.1) is 6.92 Å². The lowest BCUT2D eigenvalue weighted by Gasteiger charge is -2.23. The number of para-hydroxylation sites is 1. The van der Waals surface area contributed by atoms with Crippen LogP contribution in [0.3, 0.4) is 0 Å². The molecule has 0 spiro atoms. The molecular weight excluding hydrogens is 364 g/mol. The maximum Gasteiger partial charge on any atom is 0.270 e. The SMILES string of the molecule is Cc1cc(C(=O)NC2CCS(=O)(=O)C2)nc(N2c3ccccc3CC2C)n1. The van der Waals surface area contributed by atoms with E-state index in [4.69, 9.17) is 0 Å². The van der Waals surface area contributed by atoms with E-state index in [0.717, 1.165) is 12.1 Å². The summed E-state index contributed by atoms with van der Waals surface area (Å²) in [5.74, 6) is 0.251. The predicted octanol–water partition coefficient (Wildman–Crippen LogP) is 1.78. The number of amides is 1. The molecule has 1 aromatic heterocycles. The number of anilines is 2. The molecule has 0 aliphatic carbocycles. The van der Waals surface area contributed by atoms with Crippen molar-refractivity contribution in [2.24, 2.45) is 0 Å². The van der Waals surface area contributed by atoms with E-state index >= 15 is 0 Å². The number of aromatic nitrogens is 2. The second-order valence-electron chi connectivity index (χ2n) is 7.32. The Bertz CT molecular complexity index is 1010. The molecule has 27 heavy (non-hydrogen) atoms. The van der Waals surface area contributed by atoms with E-state index in [1.54, 1.807) is 6.07 Å². The summed E-state index contributed by atoms with van der Waals surface area (Å²) in [6.07, 6.45) is 1.34. The van der Waals surface area contributed by atoms with Crippen LogP contribution in [-0.2, 0) is 16.3 Å². The van der Waals surface area contributed by atoms with Gasteiger partial charge in [0.1, 0.15) is 5.69 Å². The molecule has 2 aliphatic heterocycles. The molecule has 0 bridgehead atoms. The summed E-state index contributed by atoms with van der Waals surface area (Å²) in [5.41, 5.74) is 3.25. The number of rotatable bonds is 3. The molecule has 2 unspecified atom stereocenters. The van der Waals surface area contributed by atoms with Gasteiger partial charge in [0.05, 0.1) is 11.5 Å². The summed E-state index contributed by atoms with van der Waals surface area (Å²) in [5, 5.41) is 2.80. The molecule has 1 amide bonds. The largest absolute Gasteiger partial charge is 0.347 e. The molecule has 2 aliphatic rings. The fraction of sp³-hybridized carbons (Fsp3) is 0.421. The van der Waals surface area contributed by atoms with Gasteiger partial charge in [-0.2, -0.15) is 0 Å². The van der Waals surface area contributed by atoms with Crippen LogP contribution >= 0.6 is 0 Å². The lowest BCUT2D eigenvalue weighted by molar-refractivity contribution is 0.0936. The van der Waals surface area contributed by atoms with Gasteiger partial charge in [-0.1, -0.05) is 18.2 Å². The van der Waals surface area contributed by atoms with E-state index in [1.165, 1.54) is 5.56 Å². The van der Waals surface area contributed by atoms with Crippen LogP contribution in [0.15, 0.2) is 30.3 Å². The number of benzene rings is 1. The number of sulfone groups is 1. The Morgan fingerprint density at radius 2 is 2.04 bits per heavy atom. The average molecular weight is 386 g/mol. The number of carbonyl (C=O) groups excluding carboxylic acids is 1. The highest BCUT2D eigenvalue weighted by Crippen LogP contribution is 2.36.